The average Bonchev–Trinajstić information content (AvgIpc) is 3.25. The van der Waals surface area contributed by atoms with E-state index >= 15 is 0 Å². The molecule has 33 heavy (non-hydrogen) atoms. The lowest BCUT2D eigenvalue weighted by atomic mass is 10.0. The van der Waals surface area contributed by atoms with Crippen molar-refractivity contribution in [2.45, 2.75) is 31.6 Å². The lowest BCUT2D eigenvalue weighted by molar-refractivity contribution is -0.141. The third-order valence-electron chi connectivity index (χ3n) is 5.40. The molecular formula is C24H27ClN4O4. The second kappa shape index (κ2) is 11.3. The van der Waals surface area contributed by atoms with Crippen LogP contribution in [0.4, 0.5) is 0 Å². The van der Waals surface area contributed by atoms with Gasteiger partial charge in [0.15, 0.2) is 6.61 Å². The summed E-state index contributed by atoms with van der Waals surface area (Å²) in [4.78, 5) is 14.3. The van der Waals surface area contributed by atoms with Crippen LogP contribution >= 0.6 is 11.6 Å². The number of morpholine rings is 1. The summed E-state index contributed by atoms with van der Waals surface area (Å²) in [5.74, 6) is 0.503. The van der Waals surface area contributed by atoms with Gasteiger partial charge in [0.25, 0.3) is 5.91 Å². The number of carbonyl (C=O) groups is 1. The Kier molecular flexibility index (Phi) is 7.93. The number of nitrogens with zero attached hydrogens (tertiary/aromatic N) is 4. The minimum Gasteiger partial charge on any atom is -0.484 e. The number of aromatic nitrogens is 3. The fraction of sp³-hybridized carbons (Fsp3) is 0.375. The van der Waals surface area contributed by atoms with Crippen molar-refractivity contribution in [3.63, 3.8) is 0 Å². The van der Waals surface area contributed by atoms with Gasteiger partial charge in [-0.15, -0.1) is 5.10 Å². The molecule has 0 saturated carbocycles. The van der Waals surface area contributed by atoms with Crippen molar-refractivity contribution in [1.29, 1.82) is 0 Å². The number of ether oxygens (including phenoxy) is 2. The van der Waals surface area contributed by atoms with Gasteiger partial charge in [0.05, 0.1) is 31.1 Å². The summed E-state index contributed by atoms with van der Waals surface area (Å²) in [6, 6.07) is 16.8. The van der Waals surface area contributed by atoms with Gasteiger partial charge in [-0.25, -0.2) is 4.68 Å². The summed E-state index contributed by atoms with van der Waals surface area (Å²) < 4.78 is 13.1. The summed E-state index contributed by atoms with van der Waals surface area (Å²) in [6.07, 6.45) is 2.09. The van der Waals surface area contributed by atoms with E-state index in [4.69, 9.17) is 21.1 Å². The van der Waals surface area contributed by atoms with E-state index < -0.39 is 6.10 Å². The maximum atomic E-state index is 12.6. The molecule has 2 heterocycles. The van der Waals surface area contributed by atoms with E-state index in [1.807, 2.05) is 36.5 Å². The molecule has 1 aliphatic heterocycles. The Balaban J connectivity index is 1.24. The summed E-state index contributed by atoms with van der Waals surface area (Å²) in [5, 5.41) is 19.3. The SMILES string of the molecule is O=C(COc1ccc(Cl)cc1)N1CCOC(Cn2cc(CC(O)Cc3ccccc3)nn2)C1. The van der Waals surface area contributed by atoms with Gasteiger partial charge >= 0.3 is 0 Å². The van der Waals surface area contributed by atoms with Crippen LogP contribution in [0.1, 0.15) is 11.3 Å². The number of rotatable bonds is 9. The quantitative estimate of drug-likeness (QED) is 0.516. The van der Waals surface area contributed by atoms with E-state index in [1.165, 1.54) is 0 Å². The van der Waals surface area contributed by atoms with Crippen molar-refractivity contribution in [3.8, 4) is 5.75 Å². The lowest BCUT2D eigenvalue weighted by Crippen LogP contribution is -2.48. The summed E-state index contributed by atoms with van der Waals surface area (Å²) in [5.41, 5.74) is 1.80. The van der Waals surface area contributed by atoms with E-state index in [0.29, 0.717) is 49.9 Å². The Hall–Kier alpha value is -2.94. The second-order valence-corrected chi connectivity index (χ2v) is 8.49. The molecule has 2 unspecified atom stereocenters. The lowest BCUT2D eigenvalue weighted by Gasteiger charge is -2.32. The van der Waals surface area contributed by atoms with Crippen LogP contribution in [-0.4, -0.2) is 69.4 Å². The molecule has 9 heteroatoms. The number of benzene rings is 2. The molecule has 0 radical (unpaired) electrons. The van der Waals surface area contributed by atoms with Gasteiger partial charge in [-0.05, 0) is 36.2 Å². The van der Waals surface area contributed by atoms with E-state index in [0.717, 1.165) is 11.3 Å². The predicted octanol–water partition coefficient (Wildman–Crippen LogP) is 2.38. The van der Waals surface area contributed by atoms with Crippen molar-refractivity contribution in [3.05, 3.63) is 77.1 Å². The highest BCUT2D eigenvalue weighted by atomic mass is 35.5. The number of carbonyl (C=O) groups excluding carboxylic acids is 1. The molecule has 1 aromatic heterocycles. The molecule has 1 aliphatic rings. The molecule has 3 aromatic rings. The highest BCUT2D eigenvalue weighted by molar-refractivity contribution is 6.30. The summed E-state index contributed by atoms with van der Waals surface area (Å²) in [7, 11) is 0. The van der Waals surface area contributed by atoms with Gasteiger partial charge in [0, 0.05) is 30.7 Å². The Morgan fingerprint density at radius 1 is 1.18 bits per heavy atom. The Morgan fingerprint density at radius 2 is 1.97 bits per heavy atom. The first kappa shape index (κ1) is 23.2. The minimum atomic E-state index is -0.530. The fourth-order valence-corrected chi connectivity index (χ4v) is 3.88. The fourth-order valence-electron chi connectivity index (χ4n) is 3.75. The maximum absolute atomic E-state index is 12.6. The van der Waals surface area contributed by atoms with Gasteiger partial charge in [-0.2, -0.15) is 0 Å². The summed E-state index contributed by atoms with van der Waals surface area (Å²) in [6.45, 7) is 1.86. The third kappa shape index (κ3) is 7.02. The van der Waals surface area contributed by atoms with E-state index in [2.05, 4.69) is 10.3 Å². The van der Waals surface area contributed by atoms with Crippen molar-refractivity contribution in [1.82, 2.24) is 19.9 Å². The molecule has 2 atom stereocenters. The first-order valence-corrected chi connectivity index (χ1v) is 11.3. The van der Waals surface area contributed by atoms with Crippen LogP contribution in [0.2, 0.25) is 5.02 Å². The maximum Gasteiger partial charge on any atom is 0.260 e. The predicted molar refractivity (Wildman–Crippen MR) is 123 cm³/mol. The van der Waals surface area contributed by atoms with Crippen molar-refractivity contribution in [2.24, 2.45) is 0 Å². The highest BCUT2D eigenvalue weighted by Gasteiger charge is 2.25. The molecule has 8 nitrogen and oxygen atoms in total. The average molecular weight is 471 g/mol. The van der Waals surface area contributed by atoms with Crippen LogP contribution in [0.15, 0.2) is 60.8 Å². The van der Waals surface area contributed by atoms with Crippen LogP contribution in [0.3, 0.4) is 0 Å². The van der Waals surface area contributed by atoms with Gasteiger partial charge in [0.1, 0.15) is 5.75 Å². The Bertz CT molecular complexity index is 1030. The van der Waals surface area contributed by atoms with Crippen LogP contribution in [0.5, 0.6) is 5.75 Å². The first-order valence-electron chi connectivity index (χ1n) is 10.9. The zero-order valence-electron chi connectivity index (χ0n) is 18.2. The molecular weight excluding hydrogens is 444 g/mol. The highest BCUT2D eigenvalue weighted by Crippen LogP contribution is 2.16. The number of hydrogen-bond acceptors (Lipinski definition) is 6. The molecule has 4 rings (SSSR count). The van der Waals surface area contributed by atoms with Gasteiger partial charge in [0.2, 0.25) is 0 Å². The second-order valence-electron chi connectivity index (χ2n) is 8.05. The molecule has 1 amide bonds. The standard InChI is InChI=1S/C24H27ClN4O4/c25-19-6-8-22(9-7-19)33-17-24(31)28-10-11-32-23(15-28)16-29-14-20(26-27-29)13-21(30)12-18-4-2-1-3-5-18/h1-9,14,21,23,30H,10-13,15-17H2. The molecule has 1 N–H and O–H groups in total. The monoisotopic (exact) mass is 470 g/mol. The third-order valence-corrected chi connectivity index (χ3v) is 5.66. The molecule has 0 spiro atoms. The van der Waals surface area contributed by atoms with E-state index in [-0.39, 0.29) is 18.6 Å². The minimum absolute atomic E-state index is 0.0405. The number of aliphatic hydroxyl groups is 1. The van der Waals surface area contributed by atoms with Crippen LogP contribution in [0.25, 0.3) is 0 Å². The van der Waals surface area contributed by atoms with Crippen molar-refractivity contribution < 1.29 is 19.4 Å². The molecule has 174 valence electrons. The van der Waals surface area contributed by atoms with Gasteiger partial charge in [-0.1, -0.05) is 47.1 Å². The van der Waals surface area contributed by atoms with Crippen molar-refractivity contribution >= 4 is 17.5 Å². The van der Waals surface area contributed by atoms with Crippen LogP contribution in [-0.2, 0) is 28.9 Å². The van der Waals surface area contributed by atoms with E-state index in [1.54, 1.807) is 33.8 Å². The molecule has 2 aromatic carbocycles. The Morgan fingerprint density at radius 3 is 2.76 bits per heavy atom. The number of halogens is 1. The van der Waals surface area contributed by atoms with E-state index in [9.17, 15) is 9.90 Å². The number of hydrogen-bond donors (Lipinski definition) is 1. The van der Waals surface area contributed by atoms with Crippen molar-refractivity contribution in [2.75, 3.05) is 26.3 Å². The molecule has 0 bridgehead atoms. The molecule has 0 aliphatic carbocycles. The summed E-state index contributed by atoms with van der Waals surface area (Å²) >= 11 is 5.87. The van der Waals surface area contributed by atoms with Crippen LogP contribution < -0.4 is 4.74 Å². The molecule has 1 saturated heterocycles. The zero-order valence-corrected chi connectivity index (χ0v) is 19.0. The number of amides is 1. The normalized spacial score (nSPS) is 17.0. The smallest absolute Gasteiger partial charge is 0.260 e. The van der Waals surface area contributed by atoms with Crippen LogP contribution in [0, 0.1) is 0 Å². The number of aliphatic hydroxyl groups excluding tert-OH is 1. The van der Waals surface area contributed by atoms with Gasteiger partial charge < -0.3 is 19.5 Å². The Labute approximate surface area is 197 Å². The first-order chi connectivity index (χ1) is 16.0. The topological polar surface area (TPSA) is 89.7 Å². The van der Waals surface area contributed by atoms with Gasteiger partial charge in [-0.3, -0.25) is 4.79 Å². The molecule has 1 fully saturated rings. The largest absolute Gasteiger partial charge is 0.484 e. The zero-order chi connectivity index (χ0) is 23.0.